The molecule has 30 heavy (non-hydrogen) atoms. The molecule has 0 spiro atoms. The molecule has 1 aromatic carbocycles. The van der Waals surface area contributed by atoms with Crippen LogP contribution in [-0.4, -0.2) is 39.7 Å². The van der Waals surface area contributed by atoms with Crippen LogP contribution in [0.25, 0.3) is 10.8 Å². The Kier molecular flexibility index (Phi) is 7.03. The average molecular weight is 412 g/mol. The molecule has 7 heteroatoms. The maximum Gasteiger partial charge on any atom is 0.359 e. The molecule has 1 aliphatic carbocycles. The predicted octanol–water partition coefficient (Wildman–Crippen LogP) is 3.52. The lowest BCUT2D eigenvalue weighted by Crippen LogP contribution is -2.35. The van der Waals surface area contributed by atoms with Crippen LogP contribution in [0.5, 0.6) is 0 Å². The lowest BCUT2D eigenvalue weighted by Gasteiger charge is -2.26. The maximum atomic E-state index is 12.8. The molecule has 0 unspecified atom stereocenters. The van der Waals surface area contributed by atoms with Gasteiger partial charge in [0.15, 0.2) is 12.3 Å². The Morgan fingerprint density at radius 2 is 1.93 bits per heavy atom. The smallest absolute Gasteiger partial charge is 0.359 e. The molecule has 0 fully saturated rings. The number of benzene rings is 1. The van der Waals surface area contributed by atoms with Crippen LogP contribution in [0.15, 0.2) is 40.8 Å². The number of carbonyl (C=O) groups is 2. The van der Waals surface area contributed by atoms with Crippen LogP contribution in [-0.2, 0) is 16.1 Å². The highest BCUT2D eigenvalue weighted by molar-refractivity contribution is 6.02. The van der Waals surface area contributed by atoms with Crippen molar-refractivity contribution in [3.63, 3.8) is 0 Å². The van der Waals surface area contributed by atoms with Crippen molar-refractivity contribution in [1.29, 1.82) is 0 Å². The zero-order valence-corrected chi connectivity index (χ0v) is 17.9. The van der Waals surface area contributed by atoms with E-state index in [0.717, 1.165) is 31.4 Å². The summed E-state index contributed by atoms with van der Waals surface area (Å²) in [6.07, 6.45) is 6.10. The fourth-order valence-corrected chi connectivity index (χ4v) is 3.74. The molecule has 3 rings (SSSR count). The first kappa shape index (κ1) is 21.7. The van der Waals surface area contributed by atoms with E-state index in [1.807, 2.05) is 20.8 Å². The summed E-state index contributed by atoms with van der Waals surface area (Å²) in [7, 11) is 0. The first-order chi connectivity index (χ1) is 14.4. The van der Waals surface area contributed by atoms with Gasteiger partial charge in [-0.3, -0.25) is 9.59 Å². The molecule has 1 heterocycles. The van der Waals surface area contributed by atoms with E-state index in [1.54, 1.807) is 29.2 Å². The molecule has 0 N–H and O–H groups in total. The number of carbonyl (C=O) groups excluding carboxylic acids is 2. The molecule has 0 bridgehead atoms. The molecule has 0 saturated heterocycles. The standard InChI is InChI=1S/C23H29N3O4/c1-4-25(17-10-6-5-7-11-17)20(27)15-30-23(29)21-18-12-8-9-13-19(18)22(28)26(24-21)14-16(2)3/h8-10,12-13,16H,4-7,11,14-15H2,1-3H3. The maximum absolute atomic E-state index is 12.8. The normalized spacial score (nSPS) is 13.9. The van der Waals surface area contributed by atoms with Crippen LogP contribution >= 0.6 is 0 Å². The van der Waals surface area contributed by atoms with Crippen molar-refractivity contribution < 1.29 is 14.3 Å². The van der Waals surface area contributed by atoms with Crippen molar-refractivity contribution in [1.82, 2.24) is 14.7 Å². The van der Waals surface area contributed by atoms with E-state index in [2.05, 4.69) is 11.2 Å². The van der Waals surface area contributed by atoms with Gasteiger partial charge in [0, 0.05) is 24.2 Å². The molecule has 1 aromatic heterocycles. The topological polar surface area (TPSA) is 81.5 Å². The molecule has 0 saturated carbocycles. The third-order valence-electron chi connectivity index (χ3n) is 5.16. The van der Waals surface area contributed by atoms with Crippen LogP contribution in [0.1, 0.15) is 56.9 Å². The van der Waals surface area contributed by atoms with Gasteiger partial charge < -0.3 is 9.64 Å². The zero-order chi connectivity index (χ0) is 21.7. The second kappa shape index (κ2) is 9.69. The number of likely N-dealkylation sites (N-methyl/N-ethyl adjacent to an activating group) is 1. The lowest BCUT2D eigenvalue weighted by molar-refractivity contribution is -0.132. The monoisotopic (exact) mass is 411 g/mol. The zero-order valence-electron chi connectivity index (χ0n) is 17.9. The van der Waals surface area contributed by atoms with Gasteiger partial charge in [-0.25, -0.2) is 9.48 Å². The molecule has 160 valence electrons. The summed E-state index contributed by atoms with van der Waals surface area (Å²) in [6, 6.07) is 6.84. The van der Waals surface area contributed by atoms with E-state index in [-0.39, 0.29) is 29.7 Å². The molecular formula is C23H29N3O4. The lowest BCUT2D eigenvalue weighted by atomic mass is 10.0. The van der Waals surface area contributed by atoms with Crippen LogP contribution in [0.3, 0.4) is 0 Å². The van der Waals surface area contributed by atoms with E-state index >= 15 is 0 Å². The van der Waals surface area contributed by atoms with Gasteiger partial charge in [-0.15, -0.1) is 0 Å². The van der Waals surface area contributed by atoms with Crippen molar-refractivity contribution in [2.75, 3.05) is 13.2 Å². The Morgan fingerprint density at radius 1 is 1.20 bits per heavy atom. The summed E-state index contributed by atoms with van der Waals surface area (Å²) >= 11 is 0. The Hall–Kier alpha value is -2.96. The largest absolute Gasteiger partial charge is 0.451 e. The van der Waals surface area contributed by atoms with Crippen molar-refractivity contribution in [3.8, 4) is 0 Å². The number of nitrogens with zero attached hydrogens (tertiary/aromatic N) is 3. The van der Waals surface area contributed by atoms with E-state index in [9.17, 15) is 14.4 Å². The summed E-state index contributed by atoms with van der Waals surface area (Å²) < 4.78 is 6.64. The van der Waals surface area contributed by atoms with E-state index in [1.165, 1.54) is 4.68 Å². The van der Waals surface area contributed by atoms with Gasteiger partial charge in [0.1, 0.15) is 0 Å². The third-order valence-corrected chi connectivity index (χ3v) is 5.16. The number of aromatic nitrogens is 2. The number of hydrogen-bond acceptors (Lipinski definition) is 5. The minimum atomic E-state index is -0.703. The molecule has 1 aliphatic rings. The van der Waals surface area contributed by atoms with E-state index in [4.69, 9.17) is 4.74 Å². The summed E-state index contributed by atoms with van der Waals surface area (Å²) in [5.41, 5.74) is 0.811. The van der Waals surface area contributed by atoms with Crippen LogP contribution in [0, 0.1) is 5.92 Å². The molecule has 0 radical (unpaired) electrons. The van der Waals surface area contributed by atoms with Crippen LogP contribution in [0.4, 0.5) is 0 Å². The number of ether oxygens (including phenoxy) is 1. The van der Waals surface area contributed by atoms with Crippen molar-refractivity contribution >= 4 is 22.6 Å². The number of esters is 1. The number of allylic oxidation sites excluding steroid dienone is 2. The SMILES string of the molecule is CCN(C(=O)COC(=O)c1nn(CC(C)C)c(=O)c2ccccc12)C1=CCCCC1. The highest BCUT2D eigenvalue weighted by atomic mass is 16.5. The number of amides is 1. The van der Waals surface area contributed by atoms with Crippen molar-refractivity contribution in [3.05, 3.63) is 52.1 Å². The molecule has 0 aliphatic heterocycles. The Bertz CT molecular complexity index is 1020. The number of hydrogen-bond donors (Lipinski definition) is 0. The Morgan fingerprint density at radius 3 is 2.57 bits per heavy atom. The molecule has 0 atom stereocenters. The van der Waals surface area contributed by atoms with Gasteiger partial charge in [-0.05, 0) is 44.6 Å². The summed E-state index contributed by atoms with van der Waals surface area (Å²) in [4.78, 5) is 39.9. The van der Waals surface area contributed by atoms with E-state index < -0.39 is 5.97 Å². The fraction of sp³-hybridized carbons (Fsp3) is 0.478. The van der Waals surface area contributed by atoms with Crippen molar-refractivity contribution in [2.24, 2.45) is 5.92 Å². The molecule has 1 amide bonds. The molecule has 2 aromatic rings. The van der Waals surface area contributed by atoms with Crippen LogP contribution < -0.4 is 5.56 Å². The van der Waals surface area contributed by atoms with Gasteiger partial charge in [-0.1, -0.05) is 38.1 Å². The van der Waals surface area contributed by atoms with Crippen LogP contribution in [0.2, 0.25) is 0 Å². The summed E-state index contributed by atoms with van der Waals surface area (Å²) in [6.45, 7) is 6.41. The quantitative estimate of drug-likeness (QED) is 0.651. The molecule has 7 nitrogen and oxygen atoms in total. The highest BCUT2D eigenvalue weighted by Gasteiger charge is 2.22. The van der Waals surface area contributed by atoms with Crippen molar-refractivity contribution in [2.45, 2.75) is 53.0 Å². The Labute approximate surface area is 176 Å². The number of fused-ring (bicyclic) bond motifs is 1. The predicted molar refractivity (Wildman–Crippen MR) is 115 cm³/mol. The van der Waals surface area contributed by atoms with Gasteiger partial charge >= 0.3 is 5.97 Å². The third kappa shape index (κ3) is 4.78. The second-order valence-corrected chi connectivity index (χ2v) is 7.93. The summed E-state index contributed by atoms with van der Waals surface area (Å²) in [5.74, 6) is -0.770. The minimum absolute atomic E-state index is 0.0542. The average Bonchev–Trinajstić information content (AvgIpc) is 2.75. The molecular weight excluding hydrogens is 382 g/mol. The minimum Gasteiger partial charge on any atom is -0.451 e. The summed E-state index contributed by atoms with van der Waals surface area (Å²) in [5, 5.41) is 5.11. The number of rotatable bonds is 7. The fourth-order valence-electron chi connectivity index (χ4n) is 3.74. The van der Waals surface area contributed by atoms with Gasteiger partial charge in [0.2, 0.25) is 0 Å². The first-order valence-electron chi connectivity index (χ1n) is 10.6. The highest BCUT2D eigenvalue weighted by Crippen LogP contribution is 2.21. The van der Waals surface area contributed by atoms with Gasteiger partial charge in [0.05, 0.1) is 5.39 Å². The van der Waals surface area contributed by atoms with E-state index in [0.29, 0.717) is 23.9 Å². The van der Waals surface area contributed by atoms with Gasteiger partial charge in [-0.2, -0.15) is 5.10 Å². The Balaban J connectivity index is 1.82. The second-order valence-electron chi connectivity index (χ2n) is 7.93. The first-order valence-corrected chi connectivity index (χ1v) is 10.6. The van der Waals surface area contributed by atoms with Gasteiger partial charge in [0.25, 0.3) is 11.5 Å².